The average Bonchev–Trinajstić information content (AvgIpc) is 2.28. The molecule has 0 atom stereocenters. The highest BCUT2D eigenvalue weighted by Crippen LogP contribution is 2.27. The molecule has 0 heterocycles. The first-order chi connectivity index (χ1) is 7.77. The van der Waals surface area contributed by atoms with Crippen LogP contribution in [0.15, 0.2) is 22.7 Å². The van der Waals surface area contributed by atoms with Gasteiger partial charge in [-0.25, -0.2) is 0 Å². The van der Waals surface area contributed by atoms with E-state index in [1.807, 2.05) is 30.8 Å². The minimum absolute atomic E-state index is 0.710. The van der Waals surface area contributed by atoms with Crippen LogP contribution in [-0.4, -0.2) is 18.9 Å². The number of ether oxygens (including phenoxy) is 1. The monoisotopic (exact) mass is 303 g/mol. The fraction of sp³-hybridized carbons (Fsp3) is 0.500. The van der Waals surface area contributed by atoms with Gasteiger partial charge in [0, 0.05) is 15.8 Å². The SMILES string of the molecule is CCOc1ccc(Br)cc1CSCCCN. The first kappa shape index (κ1) is 13.9. The molecular weight excluding hydrogens is 286 g/mol. The van der Waals surface area contributed by atoms with Crippen molar-refractivity contribution >= 4 is 27.7 Å². The van der Waals surface area contributed by atoms with E-state index in [1.54, 1.807) is 0 Å². The standard InChI is InChI=1S/C12H18BrNOS/c1-2-15-12-5-4-11(13)8-10(12)9-16-7-3-6-14/h4-5,8H,2-3,6-7,9,14H2,1H3. The van der Waals surface area contributed by atoms with Gasteiger partial charge >= 0.3 is 0 Å². The van der Waals surface area contributed by atoms with E-state index in [4.69, 9.17) is 10.5 Å². The van der Waals surface area contributed by atoms with Crippen molar-refractivity contribution in [2.45, 2.75) is 19.1 Å². The molecule has 0 aromatic heterocycles. The van der Waals surface area contributed by atoms with E-state index in [1.165, 1.54) is 5.56 Å². The van der Waals surface area contributed by atoms with Crippen LogP contribution in [0.1, 0.15) is 18.9 Å². The molecule has 0 aliphatic heterocycles. The molecule has 2 nitrogen and oxygen atoms in total. The highest BCUT2D eigenvalue weighted by atomic mass is 79.9. The molecule has 1 aromatic carbocycles. The number of benzene rings is 1. The Morgan fingerprint density at radius 3 is 2.94 bits per heavy atom. The summed E-state index contributed by atoms with van der Waals surface area (Å²) in [5, 5.41) is 0. The Morgan fingerprint density at radius 2 is 2.25 bits per heavy atom. The van der Waals surface area contributed by atoms with Crippen LogP contribution >= 0.6 is 27.7 Å². The number of hydrogen-bond acceptors (Lipinski definition) is 3. The average molecular weight is 304 g/mol. The van der Waals surface area contributed by atoms with Gasteiger partial charge in [-0.1, -0.05) is 15.9 Å². The molecule has 0 saturated carbocycles. The first-order valence-electron chi connectivity index (χ1n) is 5.47. The van der Waals surface area contributed by atoms with Gasteiger partial charge in [-0.3, -0.25) is 0 Å². The summed E-state index contributed by atoms with van der Waals surface area (Å²) in [4.78, 5) is 0. The third-order valence-corrected chi connectivity index (χ3v) is 3.66. The van der Waals surface area contributed by atoms with Crippen molar-refractivity contribution in [3.63, 3.8) is 0 Å². The summed E-state index contributed by atoms with van der Waals surface area (Å²) >= 11 is 5.38. The molecule has 0 aliphatic rings. The highest BCUT2D eigenvalue weighted by molar-refractivity contribution is 9.10. The Bertz CT molecular complexity index is 320. The molecule has 4 heteroatoms. The van der Waals surface area contributed by atoms with E-state index >= 15 is 0 Å². The third-order valence-electron chi connectivity index (χ3n) is 2.07. The molecule has 0 spiro atoms. The Morgan fingerprint density at radius 1 is 1.44 bits per heavy atom. The van der Waals surface area contributed by atoms with E-state index in [0.717, 1.165) is 34.7 Å². The second-order valence-corrected chi connectivity index (χ2v) is 5.40. The van der Waals surface area contributed by atoms with Gasteiger partial charge in [-0.15, -0.1) is 0 Å². The number of thioether (sulfide) groups is 1. The van der Waals surface area contributed by atoms with E-state index in [0.29, 0.717) is 6.61 Å². The summed E-state index contributed by atoms with van der Waals surface area (Å²) < 4.78 is 6.69. The lowest BCUT2D eigenvalue weighted by molar-refractivity contribution is 0.337. The normalized spacial score (nSPS) is 10.4. The largest absolute Gasteiger partial charge is 0.494 e. The second-order valence-electron chi connectivity index (χ2n) is 3.38. The first-order valence-corrected chi connectivity index (χ1v) is 7.41. The highest BCUT2D eigenvalue weighted by Gasteiger charge is 2.04. The number of nitrogens with two attached hydrogens (primary N) is 1. The van der Waals surface area contributed by atoms with E-state index in [2.05, 4.69) is 22.0 Å². The summed E-state index contributed by atoms with van der Waals surface area (Å²) in [5.41, 5.74) is 6.71. The molecule has 0 unspecified atom stereocenters. The van der Waals surface area contributed by atoms with Gasteiger partial charge < -0.3 is 10.5 Å². The van der Waals surface area contributed by atoms with Crippen LogP contribution in [0.25, 0.3) is 0 Å². The molecular formula is C12H18BrNOS. The fourth-order valence-corrected chi connectivity index (χ4v) is 2.69. The molecule has 0 fully saturated rings. The number of halogens is 1. The minimum atomic E-state index is 0.710. The molecule has 0 aliphatic carbocycles. The summed E-state index contributed by atoms with van der Waals surface area (Å²) in [7, 11) is 0. The molecule has 2 N–H and O–H groups in total. The Hall–Kier alpha value is -0.190. The van der Waals surface area contributed by atoms with Crippen molar-refractivity contribution < 1.29 is 4.74 Å². The van der Waals surface area contributed by atoms with Gasteiger partial charge in [0.05, 0.1) is 6.61 Å². The summed E-state index contributed by atoms with van der Waals surface area (Å²) in [6.07, 6.45) is 1.07. The van der Waals surface area contributed by atoms with Crippen LogP contribution in [0.4, 0.5) is 0 Å². The Kier molecular flexibility index (Phi) is 6.92. The van der Waals surface area contributed by atoms with E-state index in [9.17, 15) is 0 Å². The van der Waals surface area contributed by atoms with Crippen molar-refractivity contribution in [2.24, 2.45) is 5.73 Å². The lowest BCUT2D eigenvalue weighted by atomic mass is 10.2. The maximum Gasteiger partial charge on any atom is 0.123 e. The summed E-state index contributed by atoms with van der Waals surface area (Å²) in [6.45, 7) is 3.49. The van der Waals surface area contributed by atoms with Gasteiger partial charge in [0.25, 0.3) is 0 Å². The van der Waals surface area contributed by atoms with Crippen LogP contribution in [0.5, 0.6) is 5.75 Å². The third kappa shape index (κ3) is 4.76. The van der Waals surface area contributed by atoms with Crippen LogP contribution in [0.2, 0.25) is 0 Å². The van der Waals surface area contributed by atoms with E-state index < -0.39 is 0 Å². The molecule has 1 aromatic rings. The Labute approximate surface area is 110 Å². The van der Waals surface area contributed by atoms with Gasteiger partial charge in [-0.2, -0.15) is 11.8 Å². The van der Waals surface area contributed by atoms with Gasteiger partial charge in [0.2, 0.25) is 0 Å². The van der Waals surface area contributed by atoms with Crippen molar-refractivity contribution in [1.82, 2.24) is 0 Å². The van der Waals surface area contributed by atoms with Gasteiger partial charge in [0.15, 0.2) is 0 Å². The Balaban J connectivity index is 2.57. The van der Waals surface area contributed by atoms with E-state index in [-0.39, 0.29) is 0 Å². The van der Waals surface area contributed by atoms with Crippen LogP contribution < -0.4 is 10.5 Å². The lowest BCUT2D eigenvalue weighted by Gasteiger charge is -2.10. The minimum Gasteiger partial charge on any atom is -0.494 e. The van der Waals surface area contributed by atoms with Gasteiger partial charge in [-0.05, 0) is 43.8 Å². The topological polar surface area (TPSA) is 35.2 Å². The second kappa shape index (κ2) is 7.98. The lowest BCUT2D eigenvalue weighted by Crippen LogP contribution is -2.00. The zero-order valence-corrected chi connectivity index (χ0v) is 11.9. The van der Waals surface area contributed by atoms with Crippen molar-refractivity contribution in [2.75, 3.05) is 18.9 Å². The zero-order chi connectivity index (χ0) is 11.8. The van der Waals surface area contributed by atoms with Crippen molar-refractivity contribution in [3.8, 4) is 5.75 Å². The molecule has 1 rings (SSSR count). The zero-order valence-electron chi connectivity index (χ0n) is 9.54. The maximum atomic E-state index is 5.59. The van der Waals surface area contributed by atoms with Gasteiger partial charge in [0.1, 0.15) is 5.75 Å². The van der Waals surface area contributed by atoms with Crippen LogP contribution in [-0.2, 0) is 5.75 Å². The molecule has 0 amide bonds. The van der Waals surface area contributed by atoms with Crippen molar-refractivity contribution in [3.05, 3.63) is 28.2 Å². The predicted octanol–water partition coefficient (Wildman–Crippen LogP) is 3.43. The molecule has 90 valence electrons. The quantitative estimate of drug-likeness (QED) is 0.784. The number of hydrogen-bond donors (Lipinski definition) is 1. The van der Waals surface area contributed by atoms with Crippen molar-refractivity contribution in [1.29, 1.82) is 0 Å². The molecule has 0 saturated heterocycles. The predicted molar refractivity (Wildman–Crippen MR) is 75.1 cm³/mol. The van der Waals surface area contributed by atoms with Crippen LogP contribution in [0.3, 0.4) is 0 Å². The van der Waals surface area contributed by atoms with Crippen LogP contribution in [0, 0.1) is 0 Å². The number of rotatable bonds is 7. The molecule has 0 radical (unpaired) electrons. The fourth-order valence-electron chi connectivity index (χ4n) is 1.32. The summed E-state index contributed by atoms with van der Waals surface area (Å²) in [6, 6.07) is 6.16. The summed E-state index contributed by atoms with van der Waals surface area (Å²) in [5.74, 6) is 3.08. The molecule has 16 heavy (non-hydrogen) atoms. The smallest absolute Gasteiger partial charge is 0.123 e. The molecule has 0 bridgehead atoms. The maximum absolute atomic E-state index is 5.59.